The van der Waals surface area contributed by atoms with Gasteiger partial charge in [0.15, 0.2) is 25.2 Å². The van der Waals surface area contributed by atoms with Crippen LogP contribution in [0.4, 0.5) is 0 Å². The fourth-order valence-electron chi connectivity index (χ4n) is 12.7. The predicted molar refractivity (Wildman–Crippen MR) is 341 cm³/mol. The molecule has 4 heterocycles. The van der Waals surface area contributed by atoms with E-state index in [1.165, 1.54) is 122 Å². The van der Waals surface area contributed by atoms with Crippen molar-refractivity contribution in [1.82, 2.24) is 10.6 Å². The van der Waals surface area contributed by atoms with Crippen molar-refractivity contribution >= 4 is 11.8 Å². The van der Waals surface area contributed by atoms with Gasteiger partial charge in [0.2, 0.25) is 11.8 Å². The second kappa shape index (κ2) is 46.4. The van der Waals surface area contributed by atoms with Gasteiger partial charge in [0.05, 0.1) is 44.7 Å². The highest BCUT2D eigenvalue weighted by atomic mass is 16.8. The Labute approximate surface area is 552 Å². The second-order valence-corrected chi connectivity index (χ2v) is 27.0. The Bertz CT molecular complexity index is 1940. The van der Waals surface area contributed by atoms with Crippen molar-refractivity contribution in [2.24, 2.45) is 5.92 Å². The van der Waals surface area contributed by atoms with Gasteiger partial charge in [-0.25, -0.2) is 0 Å². The van der Waals surface area contributed by atoms with Crippen LogP contribution in [0.1, 0.15) is 234 Å². The molecular weight excluding hydrogens is 1220 g/mol. The molecule has 25 unspecified atom stereocenters. The number of nitrogens with one attached hydrogen (secondary N) is 2. The highest BCUT2D eigenvalue weighted by Gasteiger charge is 2.54. The topological polar surface area (TPSA) is 415 Å². The Kier molecular flexibility index (Phi) is 41.7. The summed E-state index contributed by atoms with van der Waals surface area (Å²) in [4.78, 5) is 26.3. The molecule has 548 valence electrons. The maximum atomic E-state index is 13.7. The molecule has 0 spiro atoms. The Morgan fingerprint density at radius 1 is 0.462 bits per heavy atom. The third kappa shape index (κ3) is 28.7. The van der Waals surface area contributed by atoms with Crippen LogP contribution in [0.25, 0.3) is 0 Å². The van der Waals surface area contributed by atoms with Crippen molar-refractivity contribution in [3.63, 3.8) is 0 Å². The Morgan fingerprint density at radius 2 is 0.892 bits per heavy atom. The number of amides is 2. The van der Waals surface area contributed by atoms with Gasteiger partial charge in [-0.1, -0.05) is 207 Å². The molecule has 26 heteroatoms. The molecule has 4 fully saturated rings. The molecule has 4 rings (SSSR count). The SMILES string of the molecule is CCCCCCCCCCCCCCCCCCCCC(O)C(=O)NC(COC1OC(CO)C(O)C(O)C1OC1OC(COC2OC(CO)C(O)C(OC3OC(C)C(O)C(O)C3O)C2NC(C)=O)C(O)C(O)C1O)C(O)C(O)CCCCCCCCCCCC(C)CC. The molecule has 0 aliphatic carbocycles. The fourth-order valence-corrected chi connectivity index (χ4v) is 12.7. The predicted octanol–water partition coefficient (Wildman–Crippen LogP) is 2.78. The molecule has 0 saturated carbocycles. The zero-order valence-electron chi connectivity index (χ0n) is 56.5. The zero-order valence-corrected chi connectivity index (χ0v) is 56.5. The van der Waals surface area contributed by atoms with Crippen LogP contribution in [0.5, 0.6) is 0 Å². The maximum absolute atomic E-state index is 13.7. The van der Waals surface area contributed by atoms with E-state index in [2.05, 4.69) is 31.4 Å². The van der Waals surface area contributed by atoms with Crippen molar-refractivity contribution < 1.29 is 119 Å². The van der Waals surface area contributed by atoms with Crippen molar-refractivity contribution in [3.05, 3.63) is 0 Å². The Morgan fingerprint density at radius 3 is 1.40 bits per heavy atom. The maximum Gasteiger partial charge on any atom is 0.249 e. The van der Waals surface area contributed by atoms with Gasteiger partial charge in [0, 0.05) is 6.92 Å². The Hall–Kier alpha value is -1.94. The molecule has 4 aliphatic heterocycles. The zero-order chi connectivity index (χ0) is 68.4. The summed E-state index contributed by atoms with van der Waals surface area (Å²) >= 11 is 0. The molecular formula is C67H126N2O24. The van der Waals surface area contributed by atoms with Crippen molar-refractivity contribution in [3.8, 4) is 0 Å². The van der Waals surface area contributed by atoms with Gasteiger partial charge in [0.1, 0.15) is 104 Å². The Balaban J connectivity index is 1.41. The van der Waals surface area contributed by atoms with E-state index in [0.717, 1.165) is 70.6 Å². The number of unbranched alkanes of at least 4 members (excludes halogenated alkanes) is 25. The molecule has 93 heavy (non-hydrogen) atoms. The number of hydrogen-bond donors (Lipinski definition) is 16. The number of rotatable bonds is 49. The fraction of sp³-hybridized carbons (Fsp3) is 0.970. The lowest BCUT2D eigenvalue weighted by molar-refractivity contribution is -0.373. The first-order chi connectivity index (χ1) is 44.6. The number of hydrogen-bond acceptors (Lipinski definition) is 24. The summed E-state index contributed by atoms with van der Waals surface area (Å²) in [6.07, 6.45) is -4.67. The molecule has 25 atom stereocenters. The summed E-state index contributed by atoms with van der Waals surface area (Å²) in [5.41, 5.74) is 0. The monoisotopic (exact) mass is 1340 g/mol. The number of ether oxygens (including phenoxy) is 8. The van der Waals surface area contributed by atoms with Crippen LogP contribution in [0.15, 0.2) is 0 Å². The van der Waals surface area contributed by atoms with Crippen molar-refractivity contribution in [1.29, 1.82) is 0 Å². The first-order valence-corrected chi connectivity index (χ1v) is 35.7. The van der Waals surface area contributed by atoms with E-state index in [-0.39, 0.29) is 12.8 Å². The van der Waals surface area contributed by atoms with Gasteiger partial charge in [-0.05, 0) is 25.7 Å². The molecule has 0 aromatic heterocycles. The largest absolute Gasteiger partial charge is 0.394 e. The van der Waals surface area contributed by atoms with Crippen molar-refractivity contribution in [2.75, 3.05) is 26.4 Å². The summed E-state index contributed by atoms with van der Waals surface area (Å²) in [5.74, 6) is -0.806. The first kappa shape index (κ1) is 83.5. The van der Waals surface area contributed by atoms with Gasteiger partial charge >= 0.3 is 0 Å². The number of carbonyl (C=O) groups excluding carboxylic acids is 2. The third-order valence-electron chi connectivity index (χ3n) is 19.1. The lowest BCUT2D eigenvalue weighted by atomic mass is 9.95. The van der Waals surface area contributed by atoms with Crippen LogP contribution in [-0.4, -0.2) is 257 Å². The molecule has 0 aromatic carbocycles. The molecule has 4 aliphatic rings. The first-order valence-electron chi connectivity index (χ1n) is 35.7. The van der Waals surface area contributed by atoms with E-state index >= 15 is 0 Å². The summed E-state index contributed by atoms with van der Waals surface area (Å²) in [5, 5.41) is 159. The van der Waals surface area contributed by atoms with E-state index in [1.54, 1.807) is 0 Å². The summed E-state index contributed by atoms with van der Waals surface area (Å²) < 4.78 is 47.2. The van der Waals surface area contributed by atoms with Gasteiger partial charge < -0.3 is 120 Å². The third-order valence-corrected chi connectivity index (χ3v) is 19.1. The molecule has 2 amide bonds. The van der Waals surface area contributed by atoms with E-state index in [4.69, 9.17) is 37.9 Å². The van der Waals surface area contributed by atoms with Gasteiger partial charge in [-0.15, -0.1) is 0 Å². The van der Waals surface area contributed by atoms with Gasteiger partial charge in [-0.3, -0.25) is 9.59 Å². The van der Waals surface area contributed by atoms with Crippen LogP contribution in [0.3, 0.4) is 0 Å². The lowest BCUT2D eigenvalue weighted by Crippen LogP contribution is -2.68. The minimum atomic E-state index is -2.10. The summed E-state index contributed by atoms with van der Waals surface area (Å²) in [6, 6.07) is -2.93. The van der Waals surface area contributed by atoms with E-state index in [9.17, 15) is 81.1 Å². The van der Waals surface area contributed by atoms with Crippen molar-refractivity contribution in [2.45, 2.75) is 381 Å². The average molecular weight is 1340 g/mol. The van der Waals surface area contributed by atoms with Gasteiger partial charge in [-0.2, -0.15) is 0 Å². The van der Waals surface area contributed by atoms with Gasteiger partial charge in [0.25, 0.3) is 0 Å². The second-order valence-electron chi connectivity index (χ2n) is 27.0. The minimum absolute atomic E-state index is 0.123. The number of aliphatic hydroxyl groups is 14. The van der Waals surface area contributed by atoms with Crippen LogP contribution in [-0.2, 0) is 47.5 Å². The number of aliphatic hydroxyl groups excluding tert-OH is 14. The normalized spacial score (nSPS) is 33.4. The van der Waals surface area contributed by atoms with Crippen LogP contribution in [0, 0.1) is 5.92 Å². The van der Waals surface area contributed by atoms with Crippen LogP contribution < -0.4 is 10.6 Å². The summed E-state index contributed by atoms with van der Waals surface area (Å²) in [7, 11) is 0. The molecule has 26 nitrogen and oxygen atoms in total. The lowest BCUT2D eigenvalue weighted by Gasteiger charge is -2.48. The number of carbonyl (C=O) groups is 2. The highest BCUT2D eigenvalue weighted by molar-refractivity contribution is 5.80. The van der Waals surface area contributed by atoms with Crippen LogP contribution >= 0.6 is 0 Å². The highest BCUT2D eigenvalue weighted by Crippen LogP contribution is 2.34. The molecule has 0 bridgehead atoms. The quantitative estimate of drug-likeness (QED) is 0.0389. The molecule has 0 radical (unpaired) electrons. The average Bonchev–Trinajstić information content (AvgIpc) is 0.829. The van der Waals surface area contributed by atoms with Crippen LogP contribution in [0.2, 0.25) is 0 Å². The minimum Gasteiger partial charge on any atom is -0.394 e. The van der Waals surface area contributed by atoms with E-state index in [1.807, 2.05) is 0 Å². The molecule has 4 saturated heterocycles. The standard InChI is InChI=1S/C67H126N2O24/c1-6-8-9-10-11-12-13-14-15-16-17-18-19-20-23-27-30-33-36-46(74)63(85)69-44(52(76)45(73)35-32-29-26-24-21-22-25-28-31-34-41(3)7-2)39-86-67-62(58(82)53(77)47(37-70)90-67)93-66-60(84)57(81)54(78)49(91-66)40-87-64-50(68-43(5)72)61(55(79)48(38-71)89-64)92-65-59(83)56(80)51(75)42(4)88-65/h41-42,44-62,64-67,70-71,73-84H,6-40H2,1-5H3,(H,68,72)(H,69,85). The van der Waals surface area contributed by atoms with E-state index in [0.29, 0.717) is 12.8 Å². The summed E-state index contributed by atoms with van der Waals surface area (Å²) in [6.45, 7) is 6.08. The molecule has 16 N–H and O–H groups in total. The van der Waals surface area contributed by atoms with E-state index < -0.39 is 185 Å². The molecule has 0 aromatic rings. The smallest absolute Gasteiger partial charge is 0.249 e.